The highest BCUT2D eigenvalue weighted by atomic mass is 35.5. The smallest absolute Gasteiger partial charge is 0.399 e. The van der Waals surface area contributed by atoms with Crippen LogP contribution in [0.1, 0.15) is 11.1 Å². The number of nitrogens with zero attached hydrogens (tertiary/aromatic N) is 1. The molecular weight excluding hydrogens is 220 g/mol. The number of benzene rings is 1. The molecule has 0 atom stereocenters. The molecule has 0 bridgehead atoms. The van der Waals surface area contributed by atoms with Gasteiger partial charge in [-0.15, -0.1) is 0 Å². The van der Waals surface area contributed by atoms with E-state index in [1.54, 1.807) is 14.7 Å². The lowest BCUT2D eigenvalue weighted by Gasteiger charge is -2.09. The summed E-state index contributed by atoms with van der Waals surface area (Å²) in [7, 11) is 3.35. The summed E-state index contributed by atoms with van der Waals surface area (Å²) in [6, 6.07) is 3.84. The van der Waals surface area contributed by atoms with Crippen LogP contribution in [-0.4, -0.2) is 19.5 Å². The number of halogens is 2. The van der Waals surface area contributed by atoms with Gasteiger partial charge in [-0.25, -0.2) is 0 Å². The Morgan fingerprint density at radius 1 is 1.21 bits per heavy atom. The lowest BCUT2D eigenvalue weighted by Crippen LogP contribution is -2.22. The summed E-state index contributed by atoms with van der Waals surface area (Å²) in [4.78, 5) is 2.07. The van der Waals surface area contributed by atoms with Crippen molar-refractivity contribution in [2.75, 3.05) is 7.11 Å². The molecule has 0 unspecified atom stereocenters. The molecule has 73 valence electrons. The van der Waals surface area contributed by atoms with E-state index in [4.69, 9.17) is 27.9 Å². The minimum atomic E-state index is 0.615. The van der Waals surface area contributed by atoms with Crippen LogP contribution in [0.15, 0.2) is 12.1 Å². The molecule has 0 aliphatic carbocycles. The largest absolute Gasteiger partial charge is 0.427 e. The van der Waals surface area contributed by atoms with Crippen molar-refractivity contribution in [2.45, 2.75) is 13.1 Å². The van der Waals surface area contributed by atoms with Crippen molar-refractivity contribution in [2.24, 2.45) is 0 Å². The SMILES string of the molecule is CO[B]N1Cc2cc(Cl)c(Cl)cc2C1. The zero-order valence-corrected chi connectivity index (χ0v) is 9.27. The van der Waals surface area contributed by atoms with Crippen molar-refractivity contribution in [3.8, 4) is 0 Å². The molecule has 1 aliphatic rings. The van der Waals surface area contributed by atoms with Crippen LogP contribution in [0, 0.1) is 0 Å². The first-order valence-corrected chi connectivity index (χ1v) is 5.03. The van der Waals surface area contributed by atoms with Gasteiger partial charge in [-0.05, 0) is 23.3 Å². The quantitative estimate of drug-likeness (QED) is 0.722. The second-order valence-corrected chi connectivity index (χ2v) is 4.10. The maximum absolute atomic E-state index is 5.93. The summed E-state index contributed by atoms with van der Waals surface area (Å²) in [5.74, 6) is 0. The highest BCUT2D eigenvalue weighted by Gasteiger charge is 2.20. The van der Waals surface area contributed by atoms with Crippen molar-refractivity contribution in [1.82, 2.24) is 4.81 Å². The zero-order chi connectivity index (χ0) is 10.1. The molecule has 1 aromatic carbocycles. The molecule has 2 nitrogen and oxygen atoms in total. The van der Waals surface area contributed by atoms with Crippen molar-refractivity contribution in [1.29, 1.82) is 0 Å². The highest BCUT2D eigenvalue weighted by molar-refractivity contribution is 6.42. The van der Waals surface area contributed by atoms with Crippen LogP contribution in [0.4, 0.5) is 0 Å². The molecule has 1 heterocycles. The van der Waals surface area contributed by atoms with Crippen LogP contribution in [0.2, 0.25) is 10.0 Å². The van der Waals surface area contributed by atoms with Crippen LogP contribution < -0.4 is 0 Å². The van der Waals surface area contributed by atoms with Crippen molar-refractivity contribution in [3.63, 3.8) is 0 Å². The lowest BCUT2D eigenvalue weighted by molar-refractivity contribution is 0.345. The average molecular weight is 229 g/mol. The standard InChI is InChI=1S/C9H9BCl2NO/c1-14-10-13-4-6-2-8(11)9(12)3-7(6)5-13/h2-3H,4-5H2,1H3. The molecule has 0 fully saturated rings. The number of fused-ring (bicyclic) bond motifs is 1. The number of hydrogen-bond acceptors (Lipinski definition) is 2. The molecule has 5 heteroatoms. The van der Waals surface area contributed by atoms with E-state index in [9.17, 15) is 0 Å². The third-order valence-electron chi connectivity index (χ3n) is 2.24. The first-order chi connectivity index (χ1) is 6.70. The highest BCUT2D eigenvalue weighted by Crippen LogP contribution is 2.30. The first-order valence-electron chi connectivity index (χ1n) is 4.27. The molecule has 0 aromatic heterocycles. The summed E-state index contributed by atoms with van der Waals surface area (Å²) >= 11 is 11.9. The number of rotatable bonds is 2. The van der Waals surface area contributed by atoms with Crippen molar-refractivity contribution < 1.29 is 4.65 Å². The minimum absolute atomic E-state index is 0.615. The third kappa shape index (κ3) is 1.91. The van der Waals surface area contributed by atoms with Gasteiger partial charge in [0.05, 0.1) is 10.0 Å². The summed E-state index contributed by atoms with van der Waals surface area (Å²) in [6.07, 6.45) is 0. The van der Waals surface area contributed by atoms with Gasteiger partial charge in [-0.2, -0.15) is 0 Å². The van der Waals surface area contributed by atoms with Crippen LogP contribution in [0.5, 0.6) is 0 Å². The van der Waals surface area contributed by atoms with E-state index in [0.717, 1.165) is 13.1 Å². The topological polar surface area (TPSA) is 12.5 Å². The molecule has 0 spiro atoms. The van der Waals surface area contributed by atoms with Gasteiger partial charge in [-0.1, -0.05) is 23.2 Å². The second-order valence-electron chi connectivity index (χ2n) is 3.28. The maximum atomic E-state index is 5.93. The van der Waals surface area contributed by atoms with Gasteiger partial charge in [0.25, 0.3) is 0 Å². The molecule has 1 aliphatic heterocycles. The second kappa shape index (κ2) is 4.11. The average Bonchev–Trinajstić information content (AvgIpc) is 2.48. The Morgan fingerprint density at radius 3 is 2.14 bits per heavy atom. The monoisotopic (exact) mass is 228 g/mol. The molecule has 0 saturated carbocycles. The summed E-state index contributed by atoms with van der Waals surface area (Å²) in [5.41, 5.74) is 2.43. The summed E-state index contributed by atoms with van der Waals surface area (Å²) < 4.78 is 4.95. The van der Waals surface area contributed by atoms with Crippen molar-refractivity contribution in [3.05, 3.63) is 33.3 Å². The van der Waals surface area contributed by atoms with E-state index in [-0.39, 0.29) is 0 Å². The fourth-order valence-corrected chi connectivity index (χ4v) is 2.01. The molecule has 1 radical (unpaired) electrons. The summed E-state index contributed by atoms with van der Waals surface area (Å²) in [6.45, 7) is 1.67. The first kappa shape index (κ1) is 10.3. The molecule has 0 amide bonds. The van der Waals surface area contributed by atoms with E-state index < -0.39 is 0 Å². The van der Waals surface area contributed by atoms with Crippen LogP contribution in [0.3, 0.4) is 0 Å². The molecule has 0 saturated heterocycles. The molecule has 2 rings (SSSR count). The van der Waals surface area contributed by atoms with Gasteiger partial charge < -0.3 is 9.47 Å². The van der Waals surface area contributed by atoms with E-state index in [0.29, 0.717) is 10.0 Å². The van der Waals surface area contributed by atoms with Gasteiger partial charge in [0.1, 0.15) is 0 Å². The predicted octanol–water partition coefficient (Wildman–Crippen LogP) is 2.49. The molecular formula is C9H9BCl2NO. The Labute approximate surface area is 94.0 Å². The van der Waals surface area contributed by atoms with Crippen LogP contribution in [-0.2, 0) is 17.7 Å². The van der Waals surface area contributed by atoms with Crippen LogP contribution >= 0.6 is 23.2 Å². The molecule has 14 heavy (non-hydrogen) atoms. The maximum Gasteiger partial charge on any atom is 0.399 e. The fourth-order valence-electron chi connectivity index (χ4n) is 1.64. The van der Waals surface area contributed by atoms with E-state index >= 15 is 0 Å². The van der Waals surface area contributed by atoms with Crippen LogP contribution in [0.25, 0.3) is 0 Å². The van der Waals surface area contributed by atoms with Gasteiger partial charge >= 0.3 is 7.62 Å². The number of hydrogen-bond donors (Lipinski definition) is 0. The van der Waals surface area contributed by atoms with Gasteiger partial charge in [0.2, 0.25) is 0 Å². The lowest BCUT2D eigenvalue weighted by atomic mass is 10.1. The zero-order valence-electron chi connectivity index (χ0n) is 7.76. The van der Waals surface area contributed by atoms with E-state index in [1.165, 1.54) is 11.1 Å². The Kier molecular flexibility index (Phi) is 3.03. The third-order valence-corrected chi connectivity index (χ3v) is 2.97. The summed E-state index contributed by atoms with van der Waals surface area (Å²) in [5, 5.41) is 1.23. The normalized spacial score (nSPS) is 15.6. The van der Waals surface area contributed by atoms with Gasteiger partial charge in [0.15, 0.2) is 0 Å². The molecule has 1 aromatic rings. The molecule has 0 N–H and O–H groups in total. The Hall–Kier alpha value is -0.215. The Balaban J connectivity index is 2.23. The van der Waals surface area contributed by atoms with Gasteiger partial charge in [-0.3, -0.25) is 0 Å². The van der Waals surface area contributed by atoms with Gasteiger partial charge in [0, 0.05) is 20.2 Å². The Bertz CT molecular complexity index is 328. The van der Waals surface area contributed by atoms with E-state index in [1.807, 2.05) is 12.1 Å². The Morgan fingerprint density at radius 2 is 1.71 bits per heavy atom. The van der Waals surface area contributed by atoms with Crippen molar-refractivity contribution >= 4 is 30.8 Å². The minimum Gasteiger partial charge on any atom is -0.427 e. The van der Waals surface area contributed by atoms with E-state index in [2.05, 4.69) is 4.81 Å². The predicted molar refractivity (Wildman–Crippen MR) is 58.5 cm³/mol. The fraction of sp³-hybridized carbons (Fsp3) is 0.333.